The minimum atomic E-state index is -0.812. The van der Waals surface area contributed by atoms with Crippen molar-refractivity contribution in [3.05, 3.63) is 111 Å². The fourth-order valence-electron chi connectivity index (χ4n) is 3.07. The van der Waals surface area contributed by atoms with Crippen LogP contribution < -0.4 is 10.3 Å². The maximum absolute atomic E-state index is 12.9. The number of carbonyl (C=O) groups excluding carboxylic acids is 1. The lowest BCUT2D eigenvalue weighted by Gasteiger charge is -2.11. The molecular weight excluding hydrogens is 386 g/mol. The lowest BCUT2D eigenvalue weighted by molar-refractivity contribution is -0.384. The van der Waals surface area contributed by atoms with Crippen LogP contribution in [-0.2, 0) is 6.54 Å². The van der Waals surface area contributed by atoms with Gasteiger partial charge in [0, 0.05) is 11.5 Å². The van der Waals surface area contributed by atoms with Crippen molar-refractivity contribution in [1.29, 1.82) is 0 Å². The van der Waals surface area contributed by atoms with Crippen LogP contribution in [-0.4, -0.2) is 20.7 Å². The Hall–Kier alpha value is -4.33. The molecule has 1 aromatic heterocycles. The minimum absolute atomic E-state index is 0.0147. The van der Waals surface area contributed by atoms with Gasteiger partial charge in [-0.05, 0) is 17.7 Å². The van der Waals surface area contributed by atoms with E-state index in [2.05, 4.69) is 5.10 Å². The number of nitro groups is 1. The highest BCUT2D eigenvalue weighted by molar-refractivity contribution is 6.02. The van der Waals surface area contributed by atoms with Crippen molar-refractivity contribution in [2.24, 2.45) is 0 Å². The van der Waals surface area contributed by atoms with Crippen LogP contribution in [0, 0.1) is 10.1 Å². The molecule has 0 saturated carbocycles. The topological polar surface area (TPSA) is 104 Å². The number of hydrogen-bond acceptors (Lipinski definition) is 6. The normalized spacial score (nSPS) is 10.7. The standard InChI is InChI=1S/C22H15N3O5/c26-21-19-12-5-4-11-18(19)20(23-24(21)14-15-7-2-1-3-8-15)22(27)30-17-10-6-9-16(13-17)25(28)29/h1-13H,14H2. The largest absolute Gasteiger partial charge is 0.421 e. The van der Waals surface area contributed by atoms with Gasteiger partial charge in [0.1, 0.15) is 5.75 Å². The van der Waals surface area contributed by atoms with Crippen LogP contribution in [0.15, 0.2) is 83.7 Å². The van der Waals surface area contributed by atoms with Crippen molar-refractivity contribution < 1.29 is 14.5 Å². The van der Waals surface area contributed by atoms with Gasteiger partial charge in [0.2, 0.25) is 0 Å². The smallest absolute Gasteiger partial charge is 0.364 e. The van der Waals surface area contributed by atoms with Crippen molar-refractivity contribution in [3.8, 4) is 5.75 Å². The number of fused-ring (bicyclic) bond motifs is 1. The fourth-order valence-corrected chi connectivity index (χ4v) is 3.07. The zero-order valence-electron chi connectivity index (χ0n) is 15.6. The van der Waals surface area contributed by atoms with Gasteiger partial charge in [-0.3, -0.25) is 14.9 Å². The number of ether oxygens (including phenoxy) is 1. The molecule has 0 fully saturated rings. The van der Waals surface area contributed by atoms with E-state index >= 15 is 0 Å². The molecule has 0 aliphatic heterocycles. The summed E-state index contributed by atoms with van der Waals surface area (Å²) in [5, 5.41) is 15.9. The molecule has 4 aromatic rings. The second-order valence-electron chi connectivity index (χ2n) is 6.49. The Morgan fingerprint density at radius 2 is 1.67 bits per heavy atom. The number of rotatable bonds is 5. The number of non-ortho nitro benzene ring substituents is 1. The zero-order valence-corrected chi connectivity index (χ0v) is 15.6. The molecule has 148 valence electrons. The highest BCUT2D eigenvalue weighted by Crippen LogP contribution is 2.21. The molecule has 0 radical (unpaired) electrons. The molecule has 0 N–H and O–H groups in total. The first kappa shape index (κ1) is 19.0. The van der Waals surface area contributed by atoms with Crippen molar-refractivity contribution in [2.45, 2.75) is 6.54 Å². The molecule has 4 rings (SSSR count). The third-order valence-corrected chi connectivity index (χ3v) is 4.48. The third kappa shape index (κ3) is 3.79. The van der Waals surface area contributed by atoms with E-state index in [9.17, 15) is 19.7 Å². The SMILES string of the molecule is O=C(Oc1cccc([N+](=O)[O-])c1)c1nn(Cc2ccccc2)c(=O)c2ccccc12. The molecule has 0 aliphatic rings. The van der Waals surface area contributed by atoms with Crippen LogP contribution >= 0.6 is 0 Å². The van der Waals surface area contributed by atoms with Gasteiger partial charge in [0.15, 0.2) is 5.69 Å². The molecule has 8 nitrogen and oxygen atoms in total. The van der Waals surface area contributed by atoms with Crippen LogP contribution in [0.5, 0.6) is 5.75 Å². The Balaban J connectivity index is 1.76. The Labute approximate surface area is 170 Å². The Kier molecular flexibility index (Phi) is 5.04. The molecule has 8 heteroatoms. The number of hydrogen-bond donors (Lipinski definition) is 0. The number of benzene rings is 3. The summed E-state index contributed by atoms with van der Waals surface area (Å²) in [4.78, 5) is 36.1. The molecular formula is C22H15N3O5. The molecule has 1 heterocycles. The Morgan fingerprint density at radius 1 is 0.967 bits per heavy atom. The second-order valence-corrected chi connectivity index (χ2v) is 6.49. The van der Waals surface area contributed by atoms with Gasteiger partial charge >= 0.3 is 5.97 Å². The summed E-state index contributed by atoms with van der Waals surface area (Å²) in [5.74, 6) is -0.797. The first-order valence-corrected chi connectivity index (χ1v) is 9.03. The molecule has 0 unspecified atom stereocenters. The van der Waals surface area contributed by atoms with Crippen molar-refractivity contribution >= 4 is 22.4 Å². The summed E-state index contributed by atoms with van der Waals surface area (Å²) < 4.78 is 6.53. The maximum atomic E-state index is 12.9. The molecule has 0 aliphatic carbocycles. The number of esters is 1. The Bertz CT molecular complexity index is 1320. The lowest BCUT2D eigenvalue weighted by atomic mass is 10.1. The van der Waals surface area contributed by atoms with E-state index in [1.165, 1.54) is 22.9 Å². The monoisotopic (exact) mass is 401 g/mol. The summed E-state index contributed by atoms with van der Waals surface area (Å²) in [6.45, 7) is 0.182. The second kappa shape index (κ2) is 7.96. The van der Waals surface area contributed by atoms with Gasteiger partial charge in [0.25, 0.3) is 11.2 Å². The van der Waals surface area contributed by atoms with E-state index < -0.39 is 10.9 Å². The molecule has 0 atom stereocenters. The number of nitrogens with zero attached hydrogens (tertiary/aromatic N) is 3. The minimum Gasteiger partial charge on any atom is -0.421 e. The van der Waals surface area contributed by atoms with E-state index in [0.29, 0.717) is 10.8 Å². The summed E-state index contributed by atoms with van der Waals surface area (Å²) in [6.07, 6.45) is 0. The van der Waals surface area contributed by atoms with Gasteiger partial charge in [0.05, 0.1) is 22.9 Å². The fraction of sp³-hybridized carbons (Fsp3) is 0.0455. The Morgan fingerprint density at radius 3 is 2.40 bits per heavy atom. The lowest BCUT2D eigenvalue weighted by Crippen LogP contribution is -2.27. The summed E-state index contributed by atoms with van der Waals surface area (Å²) in [6, 6.07) is 21.2. The van der Waals surface area contributed by atoms with Gasteiger partial charge in [-0.15, -0.1) is 0 Å². The summed E-state index contributed by atoms with van der Waals surface area (Å²) in [5.41, 5.74) is 0.265. The van der Waals surface area contributed by atoms with Gasteiger partial charge in [-0.2, -0.15) is 5.10 Å². The number of aromatic nitrogens is 2. The predicted molar refractivity (Wildman–Crippen MR) is 110 cm³/mol. The molecule has 0 bridgehead atoms. The average molecular weight is 401 g/mol. The van der Waals surface area contributed by atoms with E-state index in [0.717, 1.165) is 11.6 Å². The molecule has 0 spiro atoms. The number of carbonyl (C=O) groups is 1. The quantitative estimate of drug-likeness (QED) is 0.219. The predicted octanol–water partition coefficient (Wildman–Crippen LogP) is 3.57. The van der Waals surface area contributed by atoms with E-state index in [4.69, 9.17) is 4.74 Å². The molecule has 0 saturated heterocycles. The molecule has 0 amide bonds. The molecule has 30 heavy (non-hydrogen) atoms. The highest BCUT2D eigenvalue weighted by atomic mass is 16.6. The first-order valence-electron chi connectivity index (χ1n) is 9.03. The van der Waals surface area contributed by atoms with Gasteiger partial charge in [-0.1, -0.05) is 54.6 Å². The van der Waals surface area contributed by atoms with Crippen molar-refractivity contribution in [1.82, 2.24) is 9.78 Å². The van der Waals surface area contributed by atoms with E-state index in [1.807, 2.05) is 30.3 Å². The maximum Gasteiger partial charge on any atom is 0.364 e. The van der Waals surface area contributed by atoms with Crippen LogP contribution in [0.2, 0.25) is 0 Å². The summed E-state index contributed by atoms with van der Waals surface area (Å²) in [7, 11) is 0. The van der Waals surface area contributed by atoms with Crippen molar-refractivity contribution in [2.75, 3.05) is 0 Å². The van der Waals surface area contributed by atoms with Gasteiger partial charge < -0.3 is 4.74 Å². The van der Waals surface area contributed by atoms with Crippen LogP contribution in [0.4, 0.5) is 5.69 Å². The zero-order chi connectivity index (χ0) is 21.1. The van der Waals surface area contributed by atoms with Crippen molar-refractivity contribution in [3.63, 3.8) is 0 Å². The summed E-state index contributed by atoms with van der Waals surface area (Å²) >= 11 is 0. The van der Waals surface area contributed by atoms with E-state index in [-0.39, 0.29) is 29.2 Å². The highest BCUT2D eigenvalue weighted by Gasteiger charge is 2.19. The van der Waals surface area contributed by atoms with Crippen LogP contribution in [0.25, 0.3) is 10.8 Å². The van der Waals surface area contributed by atoms with Crippen LogP contribution in [0.3, 0.4) is 0 Å². The third-order valence-electron chi connectivity index (χ3n) is 4.48. The first-order chi connectivity index (χ1) is 14.5. The number of nitro benzene ring substituents is 1. The van der Waals surface area contributed by atoms with Crippen LogP contribution in [0.1, 0.15) is 16.1 Å². The van der Waals surface area contributed by atoms with Gasteiger partial charge in [-0.25, -0.2) is 9.48 Å². The average Bonchev–Trinajstić information content (AvgIpc) is 2.76. The molecule has 3 aromatic carbocycles. The van der Waals surface area contributed by atoms with E-state index in [1.54, 1.807) is 24.3 Å².